The molecule has 194 valence electrons. The van der Waals surface area contributed by atoms with Gasteiger partial charge in [0.1, 0.15) is 5.65 Å². The molecule has 1 aromatic carbocycles. The van der Waals surface area contributed by atoms with Gasteiger partial charge in [0.15, 0.2) is 0 Å². The lowest BCUT2D eigenvalue weighted by atomic mass is 9.74. The zero-order valence-corrected chi connectivity index (χ0v) is 21.2. The van der Waals surface area contributed by atoms with Gasteiger partial charge in [-0.25, -0.2) is 4.98 Å². The second-order valence-corrected chi connectivity index (χ2v) is 9.91. The number of aromatic nitrogens is 2. The van der Waals surface area contributed by atoms with Crippen molar-refractivity contribution in [1.29, 1.82) is 0 Å². The number of pyridine rings is 1. The van der Waals surface area contributed by atoms with Crippen LogP contribution in [0.2, 0.25) is 0 Å². The van der Waals surface area contributed by atoms with Gasteiger partial charge in [-0.2, -0.15) is 0 Å². The Kier molecular flexibility index (Phi) is 7.94. The summed E-state index contributed by atoms with van der Waals surface area (Å²) in [5, 5.41) is 30.2. The minimum Gasteiger partial charge on any atom is -0.426 e. The Bertz CT molecular complexity index is 1290. The third-order valence-electron chi connectivity index (χ3n) is 6.45. The van der Waals surface area contributed by atoms with Crippen LogP contribution in [0.3, 0.4) is 0 Å². The molecule has 11 heteroatoms. The average molecular weight is 505 g/mol. The van der Waals surface area contributed by atoms with Crippen LogP contribution in [0.5, 0.6) is 0 Å². The van der Waals surface area contributed by atoms with Gasteiger partial charge in [0.2, 0.25) is 5.60 Å². The van der Waals surface area contributed by atoms with Gasteiger partial charge < -0.3 is 30.1 Å². The first-order chi connectivity index (χ1) is 17.7. The quantitative estimate of drug-likeness (QED) is 0.309. The SMILES string of the molecule is CC(C)C[C@H](NC(=O)C1(Cc2ccccc2)CC(CNC(=O)c2ccnc3c2ccn3C)=NO1)B(O)O. The van der Waals surface area contributed by atoms with Crippen molar-refractivity contribution in [2.45, 2.75) is 44.7 Å². The van der Waals surface area contributed by atoms with Gasteiger partial charge in [0, 0.05) is 37.7 Å². The van der Waals surface area contributed by atoms with Crippen LogP contribution < -0.4 is 10.6 Å². The van der Waals surface area contributed by atoms with Gasteiger partial charge in [0.25, 0.3) is 11.8 Å². The summed E-state index contributed by atoms with van der Waals surface area (Å²) in [6.45, 7) is 3.96. The Balaban J connectivity index is 1.48. The molecule has 0 aliphatic carbocycles. The topological polar surface area (TPSA) is 138 Å². The van der Waals surface area contributed by atoms with Crippen molar-refractivity contribution in [1.82, 2.24) is 20.2 Å². The summed E-state index contributed by atoms with van der Waals surface area (Å²) < 4.78 is 1.84. The summed E-state index contributed by atoms with van der Waals surface area (Å²) in [4.78, 5) is 36.5. The van der Waals surface area contributed by atoms with E-state index < -0.39 is 24.6 Å². The van der Waals surface area contributed by atoms with Crippen molar-refractivity contribution in [2.75, 3.05) is 6.54 Å². The van der Waals surface area contributed by atoms with Gasteiger partial charge in [-0.15, -0.1) is 0 Å². The molecule has 10 nitrogen and oxygen atoms in total. The number of oxime groups is 1. The predicted molar refractivity (Wildman–Crippen MR) is 141 cm³/mol. The van der Waals surface area contributed by atoms with Crippen molar-refractivity contribution in [2.24, 2.45) is 18.1 Å². The molecule has 2 atom stereocenters. The molecule has 1 aliphatic rings. The number of aryl methyl sites for hydroxylation is 1. The molecule has 0 bridgehead atoms. The van der Waals surface area contributed by atoms with Crippen molar-refractivity contribution in [3.05, 3.63) is 66.0 Å². The fraction of sp³-hybridized carbons (Fsp3) is 0.385. The van der Waals surface area contributed by atoms with Crippen molar-refractivity contribution in [3.63, 3.8) is 0 Å². The minimum absolute atomic E-state index is 0.0946. The maximum absolute atomic E-state index is 13.5. The molecular weight excluding hydrogens is 473 g/mol. The lowest BCUT2D eigenvalue weighted by Gasteiger charge is -2.29. The highest BCUT2D eigenvalue weighted by Crippen LogP contribution is 2.29. The molecule has 0 saturated heterocycles. The Morgan fingerprint density at radius 2 is 1.95 bits per heavy atom. The Hall–Kier alpha value is -3.70. The van der Waals surface area contributed by atoms with E-state index in [2.05, 4.69) is 20.8 Å². The number of amides is 2. The molecule has 0 radical (unpaired) electrons. The number of carbonyl (C=O) groups is 2. The molecule has 3 aromatic rings. The maximum Gasteiger partial charge on any atom is 0.475 e. The number of fused-ring (bicyclic) bond motifs is 1. The average Bonchev–Trinajstić information content (AvgIpc) is 3.46. The number of nitrogens with zero attached hydrogens (tertiary/aromatic N) is 3. The lowest BCUT2D eigenvalue weighted by molar-refractivity contribution is -0.144. The van der Waals surface area contributed by atoms with E-state index in [1.807, 2.05) is 68.1 Å². The van der Waals surface area contributed by atoms with Crippen molar-refractivity contribution in [3.8, 4) is 0 Å². The number of carbonyl (C=O) groups excluding carboxylic acids is 2. The molecule has 4 N–H and O–H groups in total. The number of benzene rings is 1. The Morgan fingerprint density at radius 1 is 1.19 bits per heavy atom. The number of nitrogens with one attached hydrogen (secondary N) is 2. The summed E-state index contributed by atoms with van der Waals surface area (Å²) in [5.41, 5.74) is 1.19. The second-order valence-electron chi connectivity index (χ2n) is 9.91. The Morgan fingerprint density at radius 3 is 2.65 bits per heavy atom. The summed E-state index contributed by atoms with van der Waals surface area (Å²) in [7, 11) is 0.150. The largest absolute Gasteiger partial charge is 0.475 e. The first-order valence-electron chi connectivity index (χ1n) is 12.3. The summed E-state index contributed by atoms with van der Waals surface area (Å²) in [6, 6.07) is 12.9. The van der Waals surface area contributed by atoms with Crippen LogP contribution in [0.4, 0.5) is 0 Å². The number of rotatable bonds is 10. The van der Waals surface area contributed by atoms with Crippen LogP contribution in [-0.4, -0.2) is 62.3 Å². The molecule has 37 heavy (non-hydrogen) atoms. The summed E-state index contributed by atoms with van der Waals surface area (Å²) in [6.07, 6.45) is 4.18. The molecule has 1 unspecified atom stereocenters. The third-order valence-corrected chi connectivity index (χ3v) is 6.45. The minimum atomic E-state index is -1.71. The van der Waals surface area contributed by atoms with E-state index in [9.17, 15) is 19.6 Å². The lowest BCUT2D eigenvalue weighted by Crippen LogP contribution is -2.56. The number of hydrogen-bond acceptors (Lipinski definition) is 7. The highest BCUT2D eigenvalue weighted by atomic mass is 16.7. The molecule has 2 amide bonds. The summed E-state index contributed by atoms with van der Waals surface area (Å²) >= 11 is 0. The van der Waals surface area contributed by atoms with Gasteiger partial charge in [-0.05, 0) is 30.0 Å². The fourth-order valence-electron chi connectivity index (χ4n) is 4.57. The first kappa shape index (κ1) is 26.4. The van der Waals surface area contributed by atoms with Gasteiger partial charge in [0.05, 0.1) is 23.8 Å². The highest BCUT2D eigenvalue weighted by Gasteiger charge is 2.48. The van der Waals surface area contributed by atoms with Crippen LogP contribution in [-0.2, 0) is 23.1 Å². The Labute approximate surface area is 215 Å². The molecule has 4 rings (SSSR count). The van der Waals surface area contributed by atoms with Crippen LogP contribution in [0.15, 0.2) is 60.0 Å². The van der Waals surface area contributed by atoms with Crippen LogP contribution in [0.1, 0.15) is 42.6 Å². The van der Waals surface area contributed by atoms with Crippen LogP contribution in [0.25, 0.3) is 11.0 Å². The van der Waals surface area contributed by atoms with Crippen LogP contribution >= 0.6 is 0 Å². The molecular formula is C26H32BN5O5. The smallest absolute Gasteiger partial charge is 0.426 e. The highest BCUT2D eigenvalue weighted by molar-refractivity contribution is 6.43. The van der Waals surface area contributed by atoms with Gasteiger partial charge in [-0.1, -0.05) is 49.3 Å². The van der Waals surface area contributed by atoms with Gasteiger partial charge in [-0.3, -0.25) is 9.59 Å². The normalized spacial score (nSPS) is 17.8. The zero-order valence-electron chi connectivity index (χ0n) is 21.2. The van der Waals surface area contributed by atoms with E-state index in [4.69, 9.17) is 4.84 Å². The number of hydrogen-bond donors (Lipinski definition) is 4. The molecule has 0 fully saturated rings. The standard InChI is InChI=1S/C26H32BN5O5/c1-17(2)13-22(27(35)36)30-25(34)26(14-18-7-5-4-6-8-18)15-19(31-37-26)16-29-24(33)21-9-11-28-23-20(21)10-12-32(23)3/h4-12,17,22,35-36H,13-16H2,1-3H3,(H,29,33)(H,30,34)/t22-,26?/m0/s1. The van der Waals surface area contributed by atoms with E-state index in [1.165, 1.54) is 0 Å². The van der Waals surface area contributed by atoms with Crippen molar-refractivity contribution >= 4 is 35.7 Å². The molecule has 0 spiro atoms. The van der Waals surface area contributed by atoms with Gasteiger partial charge >= 0.3 is 7.12 Å². The van der Waals surface area contributed by atoms with E-state index >= 15 is 0 Å². The zero-order chi connectivity index (χ0) is 26.6. The fourth-order valence-corrected chi connectivity index (χ4v) is 4.57. The van der Waals surface area contributed by atoms with Crippen LogP contribution in [0, 0.1) is 5.92 Å². The molecule has 2 aromatic heterocycles. The third kappa shape index (κ3) is 6.00. The molecule has 0 saturated carbocycles. The van der Waals surface area contributed by atoms with E-state index in [-0.39, 0.29) is 31.2 Å². The second kappa shape index (κ2) is 11.1. The summed E-state index contributed by atoms with van der Waals surface area (Å²) in [5.74, 6) is -1.49. The first-order valence-corrected chi connectivity index (χ1v) is 12.3. The molecule has 1 aliphatic heterocycles. The van der Waals surface area contributed by atoms with E-state index in [1.54, 1.807) is 12.3 Å². The predicted octanol–water partition coefficient (Wildman–Crippen LogP) is 1.60. The maximum atomic E-state index is 13.5. The van der Waals surface area contributed by atoms with Crippen molar-refractivity contribution < 1.29 is 24.5 Å². The van der Waals surface area contributed by atoms with E-state index in [0.29, 0.717) is 23.3 Å². The molecule has 3 heterocycles. The monoisotopic (exact) mass is 505 g/mol. The van der Waals surface area contributed by atoms with E-state index in [0.717, 1.165) is 10.9 Å².